The number of benzene rings is 4. The van der Waals surface area contributed by atoms with Crippen LogP contribution in [0.1, 0.15) is 323 Å². The Balaban J connectivity index is 0.476. The number of unbranched alkanes of at least 4 members (excludes halogenated alkanes) is 1. The standard InChI is InChI=1S/C98H120O14S2/c1-6-64-53-67-25-43-83-82-18-9-7-13-70(82)58-87(83)86(57-68(54-64)55-67)88-60-90-84(61-94(88)111-5)63(3)96-89(59-73-15-11-14-72-46-47-98(90,96)97(72,73)4)92(108)44-45-95(110)112-48-50-114-113-49-12-17-75(100)30-32-77(102)34-36-79(104)38-40-81(106)42-41-80(105)39-37-78(103)35-33-76(101)31-29-74(99)16-8-10-19-91(107)69-26-22-65(23-27-69)20-21-66-24-28-71-51-62(2)52-93(109)85(71)56-66/h7,9,11,13,15,18,22-24,26-28,51,56,60-61,63-64,67-68,72-73,86,89,96H,6,8,10,12,14,16-17,19-21,25,29-50,52-55,57-59H2,1-5H3/t63?,64-,67?,68-,72?,73?,86?,89?,96?,97?,98?/m0/s1. The number of esters is 1. The zero-order valence-electron chi connectivity index (χ0n) is 68.3. The van der Waals surface area contributed by atoms with E-state index in [9.17, 15) is 52.7 Å². The van der Waals surface area contributed by atoms with Crippen LogP contribution in [-0.2, 0) is 77.4 Å². The second-order valence-electron chi connectivity index (χ2n) is 35.1. The average Bonchev–Trinajstić information content (AvgIpc) is 1.49. The molecule has 0 N–H and O–H groups in total. The van der Waals surface area contributed by atoms with Crippen molar-refractivity contribution in [1.82, 2.24) is 0 Å². The molecule has 0 heterocycles. The first-order valence-electron chi connectivity index (χ1n) is 43.2. The van der Waals surface area contributed by atoms with Gasteiger partial charge in [0.05, 0.1) is 13.5 Å². The number of ketones is 11. The monoisotopic (exact) mass is 1580 g/mol. The Labute approximate surface area is 683 Å². The van der Waals surface area contributed by atoms with E-state index in [2.05, 4.69) is 81.5 Å². The number of hydrogen-bond acceptors (Lipinski definition) is 16. The molecule has 608 valence electrons. The van der Waals surface area contributed by atoms with Crippen molar-refractivity contribution < 1.29 is 67.0 Å². The number of aryl methyl sites for hydroxylation is 2. The van der Waals surface area contributed by atoms with Gasteiger partial charge in [-0.25, -0.2) is 0 Å². The third-order valence-electron chi connectivity index (χ3n) is 27.8. The normalized spacial score (nSPS) is 24.1. The van der Waals surface area contributed by atoms with Crippen molar-refractivity contribution in [2.24, 2.45) is 46.8 Å². The molecule has 1 spiro atoms. The molecule has 11 atom stereocenters. The Kier molecular flexibility index (Phi) is 30.1. The molecule has 8 aliphatic rings. The highest BCUT2D eigenvalue weighted by molar-refractivity contribution is 8.76. The SMILES string of the molecule is CC[C@H]1CC2CCC3=C(Cc4ccccc43)C(c3cc4c(cc3OC)C(C)C3C(C(=O)CCC(=O)OCCSSCCCC(=O)CCC(=O)CCC(=O)CCC(=O)CCC(=O)CCC(=O)CCC(=O)CCC(=O)CCCCC(=O)c5ccc(CCc6ccc7c(c6)C(=O)CC(C)=C7)cc5)CC5C=CCC6CCC43C56C)C[C@H](C2)C1. The molecule has 3 fully saturated rings. The van der Waals surface area contributed by atoms with Crippen LogP contribution in [0.5, 0.6) is 5.75 Å². The van der Waals surface area contributed by atoms with Crippen molar-refractivity contribution in [3.63, 3.8) is 0 Å². The Morgan fingerprint density at radius 2 is 1.17 bits per heavy atom. The van der Waals surface area contributed by atoms with Crippen LogP contribution in [0.25, 0.3) is 11.6 Å². The molecule has 2 bridgehead atoms. The molecule has 9 unspecified atom stereocenters. The van der Waals surface area contributed by atoms with Gasteiger partial charge >= 0.3 is 5.97 Å². The van der Waals surface area contributed by atoms with Crippen LogP contribution in [0.4, 0.5) is 0 Å². The summed E-state index contributed by atoms with van der Waals surface area (Å²) in [6.45, 7) is 9.57. The van der Waals surface area contributed by atoms with Crippen molar-refractivity contribution in [3.8, 4) is 5.75 Å². The molecular weight excluding hydrogens is 1470 g/mol. The molecule has 4 aromatic carbocycles. The van der Waals surface area contributed by atoms with Gasteiger partial charge in [0, 0.05) is 167 Å². The number of ether oxygens (including phenoxy) is 2. The minimum atomic E-state index is -0.355. The number of Topliss-reactive ketones (excluding diaryl/α,β-unsaturated/α-hetero) is 11. The largest absolute Gasteiger partial charge is 0.496 e. The van der Waals surface area contributed by atoms with Crippen LogP contribution < -0.4 is 4.74 Å². The number of fused-ring (bicyclic) bond motifs is 6. The molecule has 8 aliphatic carbocycles. The van der Waals surface area contributed by atoms with E-state index in [1.807, 2.05) is 50.4 Å². The quantitative estimate of drug-likeness (QED) is 0.0132. The minimum Gasteiger partial charge on any atom is -0.496 e. The van der Waals surface area contributed by atoms with Crippen molar-refractivity contribution in [3.05, 3.63) is 158 Å². The van der Waals surface area contributed by atoms with E-state index < -0.39 is 0 Å². The van der Waals surface area contributed by atoms with E-state index >= 15 is 4.79 Å². The van der Waals surface area contributed by atoms with Crippen molar-refractivity contribution in [2.75, 3.05) is 25.2 Å². The fourth-order valence-corrected chi connectivity index (χ4v) is 23.6. The summed E-state index contributed by atoms with van der Waals surface area (Å²) in [7, 11) is 5.03. The second kappa shape index (κ2) is 40.1. The molecule has 4 aromatic rings. The third-order valence-corrected chi connectivity index (χ3v) is 30.3. The van der Waals surface area contributed by atoms with Gasteiger partial charge in [0.2, 0.25) is 0 Å². The molecule has 0 aromatic heterocycles. The first kappa shape index (κ1) is 85.8. The summed E-state index contributed by atoms with van der Waals surface area (Å²) in [5, 5.41) is 0. The number of methoxy groups -OCH3 is 1. The number of hydrogen-bond donors (Lipinski definition) is 0. The number of carbonyl (C=O) groups excluding carboxylic acids is 12. The predicted octanol–water partition coefficient (Wildman–Crippen LogP) is 20.7. The lowest BCUT2D eigenvalue weighted by atomic mass is 9.43. The molecule has 14 nitrogen and oxygen atoms in total. The molecule has 114 heavy (non-hydrogen) atoms. The highest BCUT2D eigenvalue weighted by Crippen LogP contribution is 2.77. The summed E-state index contributed by atoms with van der Waals surface area (Å²) < 4.78 is 12.3. The average molecular weight is 1590 g/mol. The van der Waals surface area contributed by atoms with Crippen molar-refractivity contribution in [2.45, 2.75) is 283 Å². The van der Waals surface area contributed by atoms with Gasteiger partial charge in [0.1, 0.15) is 64.4 Å². The Morgan fingerprint density at radius 3 is 1.82 bits per heavy atom. The maximum Gasteiger partial charge on any atom is 0.306 e. The fourth-order valence-electron chi connectivity index (χ4n) is 21.7. The molecular formula is C98H120O14S2. The fraction of sp³-hybridized carbons (Fsp3) is 0.571. The van der Waals surface area contributed by atoms with E-state index in [4.69, 9.17) is 9.47 Å². The van der Waals surface area contributed by atoms with Gasteiger partial charge in [-0.1, -0.05) is 145 Å². The molecule has 0 aliphatic heterocycles. The van der Waals surface area contributed by atoms with Crippen LogP contribution in [0.2, 0.25) is 0 Å². The molecule has 3 saturated carbocycles. The highest BCUT2D eigenvalue weighted by atomic mass is 33.1. The van der Waals surface area contributed by atoms with Crippen molar-refractivity contribution in [1.29, 1.82) is 0 Å². The number of allylic oxidation sites excluding steroid dienone is 5. The number of carbonyl (C=O) groups is 12. The topological polar surface area (TPSA) is 223 Å². The summed E-state index contributed by atoms with van der Waals surface area (Å²) in [5.41, 5.74) is 15.8. The van der Waals surface area contributed by atoms with E-state index in [0.717, 1.165) is 103 Å². The van der Waals surface area contributed by atoms with E-state index in [1.165, 1.54) is 59.9 Å². The summed E-state index contributed by atoms with van der Waals surface area (Å²) in [5.74, 6) is 4.13. The first-order valence-corrected chi connectivity index (χ1v) is 45.7. The summed E-state index contributed by atoms with van der Waals surface area (Å²) in [6.07, 6.45) is 25.4. The van der Waals surface area contributed by atoms with E-state index in [-0.39, 0.29) is 226 Å². The van der Waals surface area contributed by atoms with Gasteiger partial charge in [0.25, 0.3) is 0 Å². The summed E-state index contributed by atoms with van der Waals surface area (Å²) in [4.78, 5) is 154. The van der Waals surface area contributed by atoms with Crippen LogP contribution >= 0.6 is 21.6 Å². The van der Waals surface area contributed by atoms with Gasteiger partial charge in [-0.3, -0.25) is 57.5 Å². The minimum absolute atomic E-state index is 0.00215. The smallest absolute Gasteiger partial charge is 0.306 e. The Hall–Kier alpha value is -7.56. The highest BCUT2D eigenvalue weighted by Gasteiger charge is 2.72. The first-order chi connectivity index (χ1) is 55.0. The van der Waals surface area contributed by atoms with Crippen molar-refractivity contribution >= 4 is 103 Å². The van der Waals surface area contributed by atoms with E-state index in [0.29, 0.717) is 67.4 Å². The lowest BCUT2D eigenvalue weighted by Crippen LogP contribution is -2.58. The Bertz CT molecular complexity index is 4380. The summed E-state index contributed by atoms with van der Waals surface area (Å²) in [6, 6.07) is 27.9. The molecule has 16 heteroatoms. The second-order valence-corrected chi connectivity index (χ2v) is 37.8. The maximum absolute atomic E-state index is 15.0. The lowest BCUT2D eigenvalue weighted by Gasteiger charge is -2.60. The Morgan fingerprint density at radius 1 is 0.570 bits per heavy atom. The lowest BCUT2D eigenvalue weighted by molar-refractivity contribution is -0.146. The zero-order chi connectivity index (χ0) is 80.6. The van der Waals surface area contributed by atoms with Crippen LogP contribution in [-0.4, -0.2) is 94.8 Å². The van der Waals surface area contributed by atoms with Gasteiger partial charge in [-0.15, -0.1) is 0 Å². The molecule has 0 saturated heterocycles. The predicted molar refractivity (Wildman–Crippen MR) is 451 cm³/mol. The van der Waals surface area contributed by atoms with Gasteiger partial charge in [-0.05, 0) is 213 Å². The zero-order valence-corrected chi connectivity index (χ0v) is 69.9. The maximum atomic E-state index is 15.0. The van der Waals surface area contributed by atoms with Crippen LogP contribution in [0, 0.1) is 46.8 Å². The van der Waals surface area contributed by atoms with Gasteiger partial charge in [0.15, 0.2) is 11.6 Å². The molecule has 12 rings (SSSR count). The van der Waals surface area contributed by atoms with Gasteiger partial charge in [-0.2, -0.15) is 0 Å². The molecule has 0 amide bonds. The molecule has 0 radical (unpaired) electrons. The summed E-state index contributed by atoms with van der Waals surface area (Å²) >= 11 is 0. The third kappa shape index (κ3) is 20.9. The number of rotatable bonds is 45. The van der Waals surface area contributed by atoms with Gasteiger partial charge < -0.3 is 9.47 Å². The van der Waals surface area contributed by atoms with Crippen LogP contribution in [0.3, 0.4) is 0 Å². The van der Waals surface area contributed by atoms with Crippen LogP contribution in [0.15, 0.2) is 102 Å². The van der Waals surface area contributed by atoms with E-state index in [1.54, 1.807) is 32.7 Å².